The molecule has 2 heterocycles. The van der Waals surface area contributed by atoms with Crippen LogP contribution >= 0.6 is 11.8 Å². The molecule has 0 aromatic rings. The summed E-state index contributed by atoms with van der Waals surface area (Å²) < 4.78 is 5.06. The van der Waals surface area contributed by atoms with E-state index in [0.717, 1.165) is 5.71 Å². The van der Waals surface area contributed by atoms with Gasteiger partial charge in [0.25, 0.3) is 0 Å². The molecule has 1 N–H and O–H groups in total. The fraction of sp³-hybridized carbons (Fsp3) is 0.588. The van der Waals surface area contributed by atoms with E-state index in [1.807, 2.05) is 6.08 Å². The average molecular weight is 335 g/mol. The van der Waals surface area contributed by atoms with Gasteiger partial charge in [0.15, 0.2) is 0 Å². The molecular weight excluding hydrogens is 314 g/mol. The maximum absolute atomic E-state index is 12.6. The van der Waals surface area contributed by atoms with Crippen LogP contribution in [0.25, 0.3) is 0 Å². The van der Waals surface area contributed by atoms with E-state index in [2.05, 4.69) is 17.1 Å². The van der Waals surface area contributed by atoms with Crippen LogP contribution in [0.15, 0.2) is 29.4 Å². The Balaban J connectivity index is 1.98. The number of esters is 1. The average Bonchev–Trinajstić information content (AvgIpc) is 2.79. The predicted molar refractivity (Wildman–Crippen MR) is 89.5 cm³/mol. The number of aliphatic imine (C=N–C) groups is 1. The molecule has 0 amide bonds. The second kappa shape index (κ2) is 5.51. The van der Waals surface area contributed by atoms with Crippen molar-refractivity contribution in [1.29, 1.82) is 0 Å². The van der Waals surface area contributed by atoms with Crippen molar-refractivity contribution in [3.8, 4) is 0 Å². The zero-order valence-corrected chi connectivity index (χ0v) is 14.3. The highest BCUT2D eigenvalue weighted by atomic mass is 32.2. The van der Waals surface area contributed by atoms with Gasteiger partial charge >= 0.3 is 11.9 Å². The summed E-state index contributed by atoms with van der Waals surface area (Å²) in [6.45, 7) is 5.38. The number of thioether (sulfide) groups is 1. The minimum absolute atomic E-state index is 0.236. The molecule has 3 rings (SSSR count). The van der Waals surface area contributed by atoms with Crippen molar-refractivity contribution in [2.75, 3.05) is 0 Å². The van der Waals surface area contributed by atoms with Crippen LogP contribution in [0.3, 0.4) is 0 Å². The van der Waals surface area contributed by atoms with Gasteiger partial charge in [-0.1, -0.05) is 18.2 Å². The molecule has 4 unspecified atom stereocenters. The Bertz CT molecular complexity index is 631. The van der Waals surface area contributed by atoms with Gasteiger partial charge in [-0.2, -0.15) is 0 Å². The molecular formula is C17H21NO4S. The lowest BCUT2D eigenvalue weighted by atomic mass is 9.72. The van der Waals surface area contributed by atoms with Gasteiger partial charge in [0.05, 0.1) is 10.7 Å². The smallest absolute Gasteiger partial charge is 0.320 e. The third kappa shape index (κ3) is 2.73. The summed E-state index contributed by atoms with van der Waals surface area (Å²) in [6, 6.07) is 0. The van der Waals surface area contributed by atoms with Crippen molar-refractivity contribution in [2.24, 2.45) is 16.8 Å². The number of hydrogen-bond donors (Lipinski definition) is 1. The lowest BCUT2D eigenvalue weighted by molar-refractivity contribution is -0.159. The summed E-state index contributed by atoms with van der Waals surface area (Å²) in [5, 5.41) is 9.03. The second-order valence-corrected chi connectivity index (χ2v) is 8.62. The SMILES string of the molecule is CC(C)(C)OC(=O)C1SC23CC=CCC2=NC=CC3C1C(=O)O. The molecule has 1 saturated heterocycles. The quantitative estimate of drug-likeness (QED) is 0.620. The Morgan fingerprint density at radius 2 is 2.13 bits per heavy atom. The minimum Gasteiger partial charge on any atom is -0.481 e. The van der Waals surface area contributed by atoms with E-state index >= 15 is 0 Å². The fourth-order valence-electron chi connectivity index (χ4n) is 3.55. The molecule has 124 valence electrons. The van der Waals surface area contributed by atoms with Gasteiger partial charge in [-0.15, -0.1) is 11.8 Å². The zero-order chi connectivity index (χ0) is 16.8. The maximum Gasteiger partial charge on any atom is 0.320 e. The molecule has 1 fully saturated rings. The number of aliphatic carboxylic acids is 1. The minimum atomic E-state index is -0.948. The fourth-order valence-corrected chi connectivity index (χ4v) is 5.42. The summed E-state index contributed by atoms with van der Waals surface area (Å²) in [5.41, 5.74) is 0.334. The first kappa shape index (κ1) is 16.3. The highest BCUT2D eigenvalue weighted by Gasteiger charge is 2.61. The number of carboxylic acid groups (broad SMARTS) is 1. The van der Waals surface area contributed by atoms with Crippen LogP contribution < -0.4 is 0 Å². The van der Waals surface area contributed by atoms with E-state index < -0.39 is 33.5 Å². The first-order valence-electron chi connectivity index (χ1n) is 7.77. The van der Waals surface area contributed by atoms with Crippen LogP contribution in [0.4, 0.5) is 0 Å². The monoisotopic (exact) mass is 335 g/mol. The highest BCUT2D eigenvalue weighted by molar-refractivity contribution is 8.03. The van der Waals surface area contributed by atoms with E-state index in [1.54, 1.807) is 27.0 Å². The third-order valence-corrected chi connectivity index (χ3v) is 6.26. The molecule has 4 atom stereocenters. The van der Waals surface area contributed by atoms with Gasteiger partial charge < -0.3 is 9.84 Å². The van der Waals surface area contributed by atoms with E-state index in [0.29, 0.717) is 12.8 Å². The van der Waals surface area contributed by atoms with Gasteiger partial charge in [0.2, 0.25) is 0 Å². The zero-order valence-electron chi connectivity index (χ0n) is 13.5. The Morgan fingerprint density at radius 3 is 2.78 bits per heavy atom. The van der Waals surface area contributed by atoms with E-state index in [1.165, 1.54) is 11.8 Å². The van der Waals surface area contributed by atoms with Crippen molar-refractivity contribution in [1.82, 2.24) is 0 Å². The van der Waals surface area contributed by atoms with E-state index in [4.69, 9.17) is 4.74 Å². The summed E-state index contributed by atoms with van der Waals surface area (Å²) in [5.74, 6) is -2.42. The molecule has 0 bridgehead atoms. The normalized spacial score (nSPS) is 35.3. The lowest BCUT2D eigenvalue weighted by Gasteiger charge is -2.38. The van der Waals surface area contributed by atoms with Crippen molar-refractivity contribution in [2.45, 2.75) is 49.2 Å². The number of nitrogens with zero attached hydrogens (tertiary/aromatic N) is 1. The first-order chi connectivity index (χ1) is 10.7. The molecule has 6 heteroatoms. The first-order valence-corrected chi connectivity index (χ1v) is 8.65. The van der Waals surface area contributed by atoms with E-state index in [-0.39, 0.29) is 5.92 Å². The van der Waals surface area contributed by atoms with Crippen molar-refractivity contribution in [3.63, 3.8) is 0 Å². The van der Waals surface area contributed by atoms with E-state index in [9.17, 15) is 14.7 Å². The third-order valence-electron chi connectivity index (χ3n) is 4.42. The number of carbonyl (C=O) groups is 2. The van der Waals surface area contributed by atoms with Crippen LogP contribution in [-0.2, 0) is 14.3 Å². The molecule has 0 radical (unpaired) electrons. The molecule has 3 aliphatic rings. The Hall–Kier alpha value is -1.56. The number of allylic oxidation sites excluding steroid dienone is 3. The maximum atomic E-state index is 12.6. The van der Waals surface area contributed by atoms with Gasteiger partial charge in [-0.25, -0.2) is 0 Å². The summed E-state index contributed by atoms with van der Waals surface area (Å²) in [4.78, 5) is 29.0. The Labute approximate surface area is 139 Å². The summed E-state index contributed by atoms with van der Waals surface area (Å²) in [7, 11) is 0. The van der Waals surface area contributed by atoms with Crippen LogP contribution in [0.5, 0.6) is 0 Å². The second-order valence-electron chi connectivity index (χ2n) is 7.15. The number of ether oxygens (including phenoxy) is 1. The number of rotatable bonds is 2. The van der Waals surface area contributed by atoms with Crippen molar-refractivity contribution >= 4 is 29.4 Å². The molecule has 0 aromatic heterocycles. The number of carbonyl (C=O) groups excluding carboxylic acids is 1. The van der Waals surface area contributed by atoms with Crippen LogP contribution in [0, 0.1) is 11.8 Å². The Kier molecular flexibility index (Phi) is 3.91. The van der Waals surface area contributed by atoms with Crippen LogP contribution in [-0.4, -0.2) is 38.4 Å². The van der Waals surface area contributed by atoms with Gasteiger partial charge in [-0.3, -0.25) is 14.6 Å². The number of carboxylic acids is 1. The molecule has 1 spiro atoms. The summed E-state index contributed by atoms with van der Waals surface area (Å²) >= 11 is 1.42. The number of hydrogen-bond acceptors (Lipinski definition) is 5. The largest absolute Gasteiger partial charge is 0.481 e. The topological polar surface area (TPSA) is 76.0 Å². The molecule has 2 aliphatic heterocycles. The van der Waals surface area contributed by atoms with Crippen LogP contribution in [0.1, 0.15) is 33.6 Å². The van der Waals surface area contributed by atoms with Crippen LogP contribution in [0.2, 0.25) is 0 Å². The van der Waals surface area contributed by atoms with Gasteiger partial charge in [-0.05, 0) is 27.2 Å². The Morgan fingerprint density at radius 1 is 1.39 bits per heavy atom. The van der Waals surface area contributed by atoms with Gasteiger partial charge in [0.1, 0.15) is 10.9 Å². The molecule has 0 aromatic carbocycles. The molecule has 0 saturated carbocycles. The van der Waals surface area contributed by atoms with Crippen molar-refractivity contribution < 1.29 is 19.4 Å². The molecule has 23 heavy (non-hydrogen) atoms. The molecule has 5 nitrogen and oxygen atoms in total. The highest BCUT2D eigenvalue weighted by Crippen LogP contribution is 2.57. The van der Waals surface area contributed by atoms with Gasteiger partial charge in [0, 0.05) is 24.3 Å². The standard InChI is InChI=1S/C17H21NO4S/c1-16(2,3)22-15(21)13-12(14(19)20)10-7-9-18-11-6-4-5-8-17(10,11)23-13/h4-5,7,9-10,12-13H,6,8H2,1-3H3,(H,19,20). The van der Waals surface area contributed by atoms with Crippen molar-refractivity contribution in [3.05, 3.63) is 24.4 Å². The molecule has 1 aliphatic carbocycles. The lowest BCUT2D eigenvalue weighted by Crippen LogP contribution is -2.44. The summed E-state index contributed by atoms with van der Waals surface area (Å²) in [6.07, 6.45) is 9.06. The predicted octanol–water partition coefficient (Wildman–Crippen LogP) is 2.82.